The molecule has 0 aliphatic carbocycles. The van der Waals surface area contributed by atoms with E-state index in [0.717, 1.165) is 11.4 Å². The number of aromatic nitrogens is 4. The van der Waals surface area contributed by atoms with E-state index in [1.54, 1.807) is 13.3 Å². The van der Waals surface area contributed by atoms with Crippen LogP contribution in [0.15, 0.2) is 30.6 Å². The Bertz CT molecular complexity index is 618. The topological polar surface area (TPSA) is 71.3 Å². The number of pyridine rings is 1. The molecule has 2 aliphatic heterocycles. The molecule has 7 nitrogen and oxygen atoms in total. The van der Waals surface area contributed by atoms with E-state index in [0.29, 0.717) is 13.2 Å². The average Bonchev–Trinajstić information content (AvgIpc) is 3.23. The minimum Gasteiger partial charge on any atom is -0.376 e. The molecule has 2 aliphatic rings. The number of ether oxygens (including phenoxy) is 3. The Balaban J connectivity index is 1.57. The van der Waals surface area contributed by atoms with Crippen LogP contribution in [0.25, 0.3) is 11.4 Å². The first-order chi connectivity index (χ1) is 10.4. The van der Waals surface area contributed by atoms with Gasteiger partial charge in [-0.1, -0.05) is 11.3 Å². The molecule has 2 fully saturated rings. The van der Waals surface area contributed by atoms with Crippen molar-refractivity contribution < 1.29 is 14.2 Å². The normalized spacial score (nSPS) is 31.5. The van der Waals surface area contributed by atoms with Gasteiger partial charge in [0.1, 0.15) is 30.0 Å². The summed E-state index contributed by atoms with van der Waals surface area (Å²) in [5.74, 6) is 0. The second kappa shape index (κ2) is 5.18. The number of methoxy groups -OCH3 is 1. The zero-order chi connectivity index (χ0) is 14.2. The molecular formula is C14H16N4O3. The van der Waals surface area contributed by atoms with Crippen molar-refractivity contribution in [2.75, 3.05) is 20.3 Å². The van der Waals surface area contributed by atoms with Crippen molar-refractivity contribution in [1.82, 2.24) is 20.0 Å². The maximum Gasteiger partial charge on any atom is 0.131 e. The number of fused-ring (bicyclic) bond motifs is 1. The second-order valence-electron chi connectivity index (χ2n) is 5.24. The van der Waals surface area contributed by atoms with Gasteiger partial charge in [0, 0.05) is 13.3 Å². The first-order valence-corrected chi connectivity index (χ1v) is 6.96. The fourth-order valence-corrected chi connectivity index (χ4v) is 2.94. The highest BCUT2D eigenvalue weighted by atomic mass is 16.6. The Morgan fingerprint density at radius 2 is 2.10 bits per heavy atom. The second-order valence-corrected chi connectivity index (χ2v) is 5.24. The predicted molar refractivity (Wildman–Crippen MR) is 72.6 cm³/mol. The highest BCUT2D eigenvalue weighted by molar-refractivity contribution is 5.51. The number of hydrogen-bond donors (Lipinski definition) is 0. The molecular weight excluding hydrogens is 272 g/mol. The smallest absolute Gasteiger partial charge is 0.131 e. The monoisotopic (exact) mass is 288 g/mol. The molecule has 2 aromatic rings. The number of nitrogens with zero attached hydrogens (tertiary/aromatic N) is 4. The minimum atomic E-state index is -0.0340. The maximum absolute atomic E-state index is 5.81. The molecule has 4 heterocycles. The molecule has 4 atom stereocenters. The highest BCUT2D eigenvalue weighted by Crippen LogP contribution is 2.35. The standard InChI is InChI=1S/C14H16N4O3/c1-19-12-8-21-13-11(7-20-14(12)13)18-6-10(16-17-18)9-4-2-3-5-15-9/h2-6,11-14H,7-8H2,1H3/t11-,12+,13+,14+/m0/s1. The number of rotatable bonds is 3. The summed E-state index contributed by atoms with van der Waals surface area (Å²) in [6.45, 7) is 1.12. The summed E-state index contributed by atoms with van der Waals surface area (Å²) in [5, 5.41) is 8.40. The van der Waals surface area contributed by atoms with Crippen molar-refractivity contribution in [2.45, 2.75) is 24.4 Å². The lowest BCUT2D eigenvalue weighted by Gasteiger charge is -2.15. The van der Waals surface area contributed by atoms with Gasteiger partial charge < -0.3 is 14.2 Å². The van der Waals surface area contributed by atoms with Crippen LogP contribution in [0.5, 0.6) is 0 Å². The number of hydrogen-bond acceptors (Lipinski definition) is 6. The average molecular weight is 288 g/mol. The van der Waals surface area contributed by atoms with Crippen molar-refractivity contribution in [2.24, 2.45) is 0 Å². The lowest BCUT2D eigenvalue weighted by molar-refractivity contribution is -0.00910. The van der Waals surface area contributed by atoms with Crippen LogP contribution in [-0.4, -0.2) is 58.6 Å². The fraction of sp³-hybridized carbons (Fsp3) is 0.500. The van der Waals surface area contributed by atoms with Crippen molar-refractivity contribution in [3.8, 4) is 11.4 Å². The molecule has 0 N–H and O–H groups in total. The lowest BCUT2D eigenvalue weighted by Crippen LogP contribution is -2.31. The van der Waals surface area contributed by atoms with Gasteiger partial charge in [-0.2, -0.15) is 0 Å². The molecule has 7 heteroatoms. The van der Waals surface area contributed by atoms with Gasteiger partial charge in [-0.25, -0.2) is 4.68 Å². The van der Waals surface area contributed by atoms with Crippen molar-refractivity contribution in [3.05, 3.63) is 30.6 Å². The molecule has 0 saturated carbocycles. The summed E-state index contributed by atoms with van der Waals surface area (Å²) in [6, 6.07) is 5.75. The summed E-state index contributed by atoms with van der Waals surface area (Å²) in [7, 11) is 1.68. The van der Waals surface area contributed by atoms with Crippen molar-refractivity contribution in [1.29, 1.82) is 0 Å². The summed E-state index contributed by atoms with van der Waals surface area (Å²) >= 11 is 0. The van der Waals surface area contributed by atoms with Gasteiger partial charge in [0.15, 0.2) is 0 Å². The van der Waals surface area contributed by atoms with Gasteiger partial charge in [0.05, 0.1) is 25.1 Å². The van der Waals surface area contributed by atoms with Gasteiger partial charge in [-0.15, -0.1) is 5.10 Å². The van der Waals surface area contributed by atoms with Gasteiger partial charge in [-0.05, 0) is 12.1 Å². The molecule has 0 unspecified atom stereocenters. The highest BCUT2D eigenvalue weighted by Gasteiger charge is 2.49. The Morgan fingerprint density at radius 1 is 1.19 bits per heavy atom. The van der Waals surface area contributed by atoms with Crippen LogP contribution in [0.3, 0.4) is 0 Å². The van der Waals surface area contributed by atoms with E-state index in [2.05, 4.69) is 15.3 Å². The Hall–Kier alpha value is -1.83. The third-order valence-corrected chi connectivity index (χ3v) is 4.06. The van der Waals surface area contributed by atoms with Crippen molar-refractivity contribution in [3.63, 3.8) is 0 Å². The molecule has 0 spiro atoms. The zero-order valence-electron chi connectivity index (χ0n) is 11.6. The molecule has 4 rings (SSSR count). The third-order valence-electron chi connectivity index (χ3n) is 4.06. The molecule has 0 radical (unpaired) electrons. The van der Waals surface area contributed by atoms with E-state index in [1.807, 2.05) is 29.1 Å². The first-order valence-electron chi connectivity index (χ1n) is 6.96. The molecule has 2 aromatic heterocycles. The van der Waals surface area contributed by atoms with Gasteiger partial charge in [-0.3, -0.25) is 4.98 Å². The molecule has 0 aromatic carbocycles. The summed E-state index contributed by atoms with van der Waals surface area (Å²) in [6.07, 6.45) is 3.57. The first kappa shape index (κ1) is 12.9. The lowest BCUT2D eigenvalue weighted by atomic mass is 10.1. The predicted octanol–water partition coefficient (Wildman–Crippen LogP) is 0.694. The quantitative estimate of drug-likeness (QED) is 0.827. The molecule has 0 bridgehead atoms. The minimum absolute atomic E-state index is 0.00113. The molecule has 21 heavy (non-hydrogen) atoms. The zero-order valence-corrected chi connectivity index (χ0v) is 11.6. The van der Waals surface area contributed by atoms with E-state index in [9.17, 15) is 0 Å². The third kappa shape index (κ3) is 2.14. The summed E-state index contributed by atoms with van der Waals surface area (Å²) < 4.78 is 18.8. The van der Waals surface area contributed by atoms with E-state index in [-0.39, 0.29) is 24.4 Å². The summed E-state index contributed by atoms with van der Waals surface area (Å²) in [5.41, 5.74) is 1.56. The Morgan fingerprint density at radius 3 is 2.90 bits per heavy atom. The van der Waals surface area contributed by atoms with Crippen LogP contribution in [-0.2, 0) is 14.2 Å². The molecule has 110 valence electrons. The van der Waals surface area contributed by atoms with E-state index < -0.39 is 0 Å². The maximum atomic E-state index is 5.81. The summed E-state index contributed by atoms with van der Waals surface area (Å²) in [4.78, 5) is 4.28. The van der Waals surface area contributed by atoms with Gasteiger partial charge >= 0.3 is 0 Å². The Labute approximate surface area is 121 Å². The van der Waals surface area contributed by atoms with Gasteiger partial charge in [0.2, 0.25) is 0 Å². The van der Waals surface area contributed by atoms with Crippen LogP contribution in [0.4, 0.5) is 0 Å². The van der Waals surface area contributed by atoms with Gasteiger partial charge in [0.25, 0.3) is 0 Å². The fourth-order valence-electron chi connectivity index (χ4n) is 2.94. The van der Waals surface area contributed by atoms with Crippen LogP contribution in [0, 0.1) is 0 Å². The van der Waals surface area contributed by atoms with E-state index >= 15 is 0 Å². The van der Waals surface area contributed by atoms with Crippen molar-refractivity contribution >= 4 is 0 Å². The van der Waals surface area contributed by atoms with E-state index in [1.165, 1.54) is 0 Å². The Kier molecular flexibility index (Phi) is 3.17. The largest absolute Gasteiger partial charge is 0.376 e. The van der Waals surface area contributed by atoms with Crippen LogP contribution in [0.1, 0.15) is 6.04 Å². The SMILES string of the molecule is CO[C@@H]1CO[C@H]2[C@@H]1OC[C@@H]2n1cc(-c2ccccn2)nn1. The molecule has 2 saturated heterocycles. The van der Waals surface area contributed by atoms with Crippen LogP contribution < -0.4 is 0 Å². The van der Waals surface area contributed by atoms with Crippen LogP contribution in [0.2, 0.25) is 0 Å². The van der Waals surface area contributed by atoms with E-state index in [4.69, 9.17) is 14.2 Å². The van der Waals surface area contributed by atoms with Crippen LogP contribution >= 0.6 is 0 Å². The molecule has 0 amide bonds.